The predicted molar refractivity (Wildman–Crippen MR) is 103 cm³/mol. The molecule has 0 unspecified atom stereocenters. The molecule has 148 valence electrons. The van der Waals surface area contributed by atoms with E-state index in [-0.39, 0.29) is 17.3 Å². The third kappa shape index (κ3) is 4.32. The molecular formula is C17H21N7O3S. The molecule has 2 heterocycles. The summed E-state index contributed by atoms with van der Waals surface area (Å²) in [5.41, 5.74) is 7.77. The molecule has 28 heavy (non-hydrogen) atoms. The minimum Gasteiger partial charge on any atom is -0.393 e. The Bertz CT molecular complexity index is 1070. The zero-order chi connectivity index (χ0) is 20.3. The third-order valence-electron chi connectivity index (χ3n) is 4.07. The largest absolute Gasteiger partial charge is 0.393 e. The van der Waals surface area contributed by atoms with Gasteiger partial charge in [-0.05, 0) is 38.0 Å². The van der Waals surface area contributed by atoms with Gasteiger partial charge in [0.25, 0.3) is 0 Å². The van der Waals surface area contributed by atoms with E-state index in [1.165, 1.54) is 35.7 Å². The molecule has 0 saturated carbocycles. The van der Waals surface area contributed by atoms with Gasteiger partial charge in [0, 0.05) is 12.1 Å². The Morgan fingerprint density at radius 1 is 1.36 bits per heavy atom. The molecule has 0 saturated heterocycles. The first-order chi connectivity index (χ1) is 13.3. The SMILES string of the molecule is Cc1ccc(S(=O)(=O)NCC[C@@H](C)O)cc1-c1cnc(N)c(-n2cncn2)n1. The van der Waals surface area contributed by atoms with E-state index in [1.54, 1.807) is 13.0 Å². The summed E-state index contributed by atoms with van der Waals surface area (Å²) in [5, 5.41) is 13.3. The molecule has 1 aromatic carbocycles. The molecule has 10 nitrogen and oxygen atoms in total. The molecule has 0 radical (unpaired) electrons. The highest BCUT2D eigenvalue weighted by Crippen LogP contribution is 2.26. The van der Waals surface area contributed by atoms with Crippen molar-refractivity contribution in [1.29, 1.82) is 0 Å². The van der Waals surface area contributed by atoms with Crippen LogP contribution < -0.4 is 10.5 Å². The van der Waals surface area contributed by atoms with Crippen LogP contribution in [0, 0.1) is 6.92 Å². The number of aliphatic hydroxyl groups excluding tert-OH is 1. The molecular weight excluding hydrogens is 382 g/mol. The lowest BCUT2D eigenvalue weighted by Gasteiger charge is -2.12. The first-order valence-electron chi connectivity index (χ1n) is 8.54. The summed E-state index contributed by atoms with van der Waals surface area (Å²) >= 11 is 0. The maximum absolute atomic E-state index is 12.5. The van der Waals surface area contributed by atoms with Gasteiger partial charge in [-0.25, -0.2) is 28.1 Å². The fraction of sp³-hybridized carbons (Fsp3) is 0.294. The Hall–Kier alpha value is -2.89. The van der Waals surface area contributed by atoms with E-state index in [9.17, 15) is 13.5 Å². The number of nitrogens with two attached hydrogens (primary N) is 1. The van der Waals surface area contributed by atoms with Crippen LogP contribution in [0.2, 0.25) is 0 Å². The lowest BCUT2D eigenvalue weighted by molar-refractivity contribution is 0.186. The van der Waals surface area contributed by atoms with Crippen molar-refractivity contribution in [3.05, 3.63) is 42.6 Å². The zero-order valence-corrected chi connectivity index (χ0v) is 16.3. The number of hydrogen-bond acceptors (Lipinski definition) is 8. The van der Waals surface area contributed by atoms with Gasteiger partial charge in [-0.1, -0.05) is 6.07 Å². The number of hydrogen-bond donors (Lipinski definition) is 3. The third-order valence-corrected chi connectivity index (χ3v) is 5.53. The normalized spacial score (nSPS) is 12.8. The second-order valence-electron chi connectivity index (χ2n) is 6.32. The maximum Gasteiger partial charge on any atom is 0.240 e. The monoisotopic (exact) mass is 403 g/mol. The molecule has 11 heteroatoms. The van der Waals surface area contributed by atoms with E-state index in [2.05, 4.69) is 24.8 Å². The number of aryl methyl sites for hydroxylation is 1. The van der Waals surface area contributed by atoms with E-state index in [4.69, 9.17) is 5.73 Å². The Labute approximate surface area is 162 Å². The quantitative estimate of drug-likeness (QED) is 0.521. The first kappa shape index (κ1) is 19.9. The number of sulfonamides is 1. The Morgan fingerprint density at radius 2 is 2.14 bits per heavy atom. The highest BCUT2D eigenvalue weighted by atomic mass is 32.2. The van der Waals surface area contributed by atoms with Gasteiger partial charge in [-0.3, -0.25) is 0 Å². The number of rotatable bonds is 7. The minimum absolute atomic E-state index is 0.0969. The van der Waals surface area contributed by atoms with Gasteiger partial charge in [0.1, 0.15) is 12.7 Å². The number of nitrogen functional groups attached to an aromatic ring is 1. The topological polar surface area (TPSA) is 149 Å². The Balaban J connectivity index is 1.98. The van der Waals surface area contributed by atoms with Crippen LogP contribution in [0.1, 0.15) is 18.9 Å². The second-order valence-corrected chi connectivity index (χ2v) is 8.08. The molecule has 3 aromatic rings. The van der Waals surface area contributed by atoms with Gasteiger partial charge in [0.05, 0.1) is 22.9 Å². The summed E-state index contributed by atoms with van der Waals surface area (Å²) in [6.45, 7) is 3.59. The summed E-state index contributed by atoms with van der Waals surface area (Å²) < 4.78 is 29.0. The summed E-state index contributed by atoms with van der Waals surface area (Å²) in [7, 11) is -3.73. The molecule has 2 aromatic heterocycles. The van der Waals surface area contributed by atoms with Crippen LogP contribution in [-0.4, -0.2) is 50.9 Å². The number of aliphatic hydroxyl groups is 1. The molecule has 0 aliphatic carbocycles. The fourth-order valence-corrected chi connectivity index (χ4v) is 3.61. The number of nitrogens with one attached hydrogen (secondary N) is 1. The van der Waals surface area contributed by atoms with Crippen LogP contribution in [0.4, 0.5) is 5.82 Å². The van der Waals surface area contributed by atoms with Gasteiger partial charge in [-0.15, -0.1) is 0 Å². The average molecular weight is 403 g/mol. The molecule has 3 rings (SSSR count). The van der Waals surface area contributed by atoms with Crippen molar-refractivity contribution in [1.82, 2.24) is 29.5 Å². The van der Waals surface area contributed by atoms with Crippen molar-refractivity contribution in [2.45, 2.75) is 31.3 Å². The molecule has 0 bridgehead atoms. The maximum atomic E-state index is 12.5. The molecule has 0 aliphatic heterocycles. The van der Waals surface area contributed by atoms with E-state index < -0.39 is 16.1 Å². The number of anilines is 1. The highest BCUT2D eigenvalue weighted by molar-refractivity contribution is 7.89. The van der Waals surface area contributed by atoms with Gasteiger partial charge >= 0.3 is 0 Å². The number of benzene rings is 1. The minimum atomic E-state index is -3.73. The van der Waals surface area contributed by atoms with E-state index >= 15 is 0 Å². The summed E-state index contributed by atoms with van der Waals surface area (Å²) in [6, 6.07) is 4.75. The highest BCUT2D eigenvalue weighted by Gasteiger charge is 2.17. The average Bonchev–Trinajstić information content (AvgIpc) is 3.16. The molecule has 4 N–H and O–H groups in total. The van der Waals surface area contributed by atoms with E-state index in [0.29, 0.717) is 23.5 Å². The van der Waals surface area contributed by atoms with Crippen molar-refractivity contribution in [2.24, 2.45) is 0 Å². The fourth-order valence-electron chi connectivity index (χ4n) is 2.53. The van der Waals surface area contributed by atoms with Crippen LogP contribution in [0.3, 0.4) is 0 Å². The van der Waals surface area contributed by atoms with Crippen molar-refractivity contribution < 1.29 is 13.5 Å². The summed E-state index contributed by atoms with van der Waals surface area (Å²) in [5.74, 6) is 0.480. The van der Waals surface area contributed by atoms with Crippen molar-refractivity contribution in [3.63, 3.8) is 0 Å². The van der Waals surface area contributed by atoms with Gasteiger partial charge in [-0.2, -0.15) is 9.78 Å². The van der Waals surface area contributed by atoms with Crippen molar-refractivity contribution in [2.75, 3.05) is 12.3 Å². The molecule has 0 aliphatic rings. The molecule has 0 spiro atoms. The zero-order valence-electron chi connectivity index (χ0n) is 15.4. The van der Waals surface area contributed by atoms with Crippen LogP contribution in [0.25, 0.3) is 17.1 Å². The Kier molecular flexibility index (Phi) is 5.68. The van der Waals surface area contributed by atoms with Crippen LogP contribution in [0.15, 0.2) is 41.9 Å². The van der Waals surface area contributed by atoms with Gasteiger partial charge < -0.3 is 10.8 Å². The van der Waals surface area contributed by atoms with Gasteiger partial charge in [0.15, 0.2) is 11.6 Å². The standard InChI is InChI=1S/C17H21N7O3S/c1-11-3-4-13(28(26,27)22-6-5-12(2)25)7-14(11)15-8-20-16(18)17(23-15)24-10-19-9-21-24/h3-4,7-10,12,22,25H,5-6H2,1-2H3,(H2,18,20)/t12-/m1/s1. The summed E-state index contributed by atoms with van der Waals surface area (Å²) in [6.07, 6.45) is 4.02. The molecule has 0 fully saturated rings. The number of aromatic nitrogens is 5. The van der Waals surface area contributed by atoms with Crippen LogP contribution >= 0.6 is 0 Å². The van der Waals surface area contributed by atoms with E-state index in [0.717, 1.165) is 5.56 Å². The Morgan fingerprint density at radius 3 is 2.82 bits per heavy atom. The second kappa shape index (κ2) is 8.00. The lowest BCUT2D eigenvalue weighted by Crippen LogP contribution is -2.26. The molecule has 1 atom stereocenters. The predicted octanol–water partition coefficient (Wildman–Crippen LogP) is 0.664. The van der Waals surface area contributed by atoms with Crippen molar-refractivity contribution in [3.8, 4) is 17.1 Å². The summed E-state index contributed by atoms with van der Waals surface area (Å²) in [4.78, 5) is 12.6. The first-order valence-corrected chi connectivity index (χ1v) is 10.0. The van der Waals surface area contributed by atoms with Gasteiger partial charge in [0.2, 0.25) is 10.0 Å². The van der Waals surface area contributed by atoms with Crippen LogP contribution in [-0.2, 0) is 10.0 Å². The van der Waals surface area contributed by atoms with E-state index in [1.807, 2.05) is 6.92 Å². The van der Waals surface area contributed by atoms with Crippen molar-refractivity contribution >= 4 is 15.8 Å². The lowest BCUT2D eigenvalue weighted by atomic mass is 10.1. The number of nitrogens with zero attached hydrogens (tertiary/aromatic N) is 5. The smallest absolute Gasteiger partial charge is 0.240 e. The molecule has 0 amide bonds. The van der Waals surface area contributed by atoms with Crippen LogP contribution in [0.5, 0.6) is 0 Å².